The molecule has 4 nitrogen and oxygen atoms in total. The number of anilines is 1. The van der Waals surface area contributed by atoms with Crippen molar-refractivity contribution in [2.75, 3.05) is 5.73 Å². The molecule has 0 amide bonds. The lowest BCUT2D eigenvalue weighted by atomic mass is 9.91. The average molecular weight is 195 g/mol. The summed E-state index contributed by atoms with van der Waals surface area (Å²) < 4.78 is 1.64. The Labute approximate surface area is 84.1 Å². The van der Waals surface area contributed by atoms with E-state index < -0.39 is 0 Å². The molecule has 1 aromatic heterocycles. The molecule has 0 aliphatic rings. The highest BCUT2D eigenvalue weighted by Gasteiger charge is 2.22. The van der Waals surface area contributed by atoms with Gasteiger partial charge in [0.15, 0.2) is 5.78 Å². The molecule has 1 rings (SSSR count). The van der Waals surface area contributed by atoms with Gasteiger partial charge in [0.05, 0.1) is 0 Å². The fraction of sp³-hybridized carbons (Fsp3) is 0.600. The molecule has 0 saturated heterocycles. The second-order valence-corrected chi connectivity index (χ2v) is 4.54. The van der Waals surface area contributed by atoms with Crippen LogP contribution in [0.2, 0.25) is 0 Å². The lowest BCUT2D eigenvalue weighted by Gasteiger charge is -2.16. The molecule has 0 aliphatic heterocycles. The van der Waals surface area contributed by atoms with Crippen LogP contribution in [0.15, 0.2) is 6.07 Å². The number of nitrogens with two attached hydrogens (primary N) is 1. The largest absolute Gasteiger partial charge is 0.382 e. The quantitative estimate of drug-likeness (QED) is 0.775. The Morgan fingerprint density at radius 2 is 2.14 bits per heavy atom. The number of rotatable bonds is 2. The van der Waals surface area contributed by atoms with Crippen molar-refractivity contribution >= 4 is 11.6 Å². The van der Waals surface area contributed by atoms with Crippen LogP contribution in [0.25, 0.3) is 0 Å². The van der Waals surface area contributed by atoms with Gasteiger partial charge in [-0.05, 0) is 6.92 Å². The van der Waals surface area contributed by atoms with E-state index in [2.05, 4.69) is 5.10 Å². The predicted octanol–water partition coefficient (Wildman–Crippen LogP) is 1.39. The van der Waals surface area contributed by atoms with Crippen LogP contribution >= 0.6 is 0 Å². The predicted molar refractivity (Wildman–Crippen MR) is 55.8 cm³/mol. The Morgan fingerprint density at radius 1 is 1.57 bits per heavy atom. The van der Waals surface area contributed by atoms with Gasteiger partial charge in [-0.1, -0.05) is 20.8 Å². The molecule has 1 heterocycles. The van der Waals surface area contributed by atoms with Crippen LogP contribution < -0.4 is 5.73 Å². The Kier molecular flexibility index (Phi) is 2.64. The van der Waals surface area contributed by atoms with E-state index >= 15 is 0 Å². The van der Waals surface area contributed by atoms with Crippen LogP contribution in [0.5, 0.6) is 0 Å². The van der Waals surface area contributed by atoms with Gasteiger partial charge in [-0.2, -0.15) is 5.10 Å². The van der Waals surface area contributed by atoms with Crippen LogP contribution in [-0.4, -0.2) is 15.6 Å². The monoisotopic (exact) mass is 195 g/mol. The topological polar surface area (TPSA) is 60.9 Å². The van der Waals surface area contributed by atoms with Crippen molar-refractivity contribution in [2.45, 2.75) is 34.2 Å². The third-order valence-electron chi connectivity index (χ3n) is 2.13. The molecule has 0 atom stereocenters. The fourth-order valence-electron chi connectivity index (χ4n) is 1.07. The number of ketones is 1. The maximum Gasteiger partial charge on any atom is 0.159 e. The van der Waals surface area contributed by atoms with E-state index in [-0.39, 0.29) is 11.2 Å². The molecule has 0 radical (unpaired) electrons. The van der Waals surface area contributed by atoms with Gasteiger partial charge < -0.3 is 5.73 Å². The van der Waals surface area contributed by atoms with Gasteiger partial charge in [-0.15, -0.1) is 0 Å². The summed E-state index contributed by atoms with van der Waals surface area (Å²) in [6.07, 6.45) is 0. The van der Waals surface area contributed by atoms with Crippen LogP contribution in [0.4, 0.5) is 5.82 Å². The number of nitrogens with zero attached hydrogens (tertiary/aromatic N) is 2. The van der Waals surface area contributed by atoms with Crippen molar-refractivity contribution in [1.29, 1.82) is 0 Å². The number of aromatic nitrogens is 2. The zero-order chi connectivity index (χ0) is 10.9. The molecule has 78 valence electrons. The molecule has 14 heavy (non-hydrogen) atoms. The first-order chi connectivity index (χ1) is 6.30. The number of carbonyl (C=O) groups excluding carboxylic acids is 1. The second kappa shape index (κ2) is 3.44. The minimum atomic E-state index is -0.326. The smallest absolute Gasteiger partial charge is 0.159 e. The summed E-state index contributed by atoms with van der Waals surface area (Å²) in [7, 11) is 0. The Morgan fingerprint density at radius 3 is 2.50 bits per heavy atom. The van der Waals surface area contributed by atoms with E-state index in [0.29, 0.717) is 12.4 Å². The summed E-state index contributed by atoms with van der Waals surface area (Å²) in [6.45, 7) is 7.89. The zero-order valence-corrected chi connectivity index (χ0v) is 9.16. The normalized spacial score (nSPS) is 11.7. The summed E-state index contributed by atoms with van der Waals surface area (Å²) in [4.78, 5) is 11.7. The molecule has 0 aliphatic carbocycles. The van der Waals surface area contributed by atoms with Gasteiger partial charge in [-0.25, -0.2) is 0 Å². The number of hydrogen-bond donors (Lipinski definition) is 1. The van der Waals surface area contributed by atoms with Gasteiger partial charge in [0.2, 0.25) is 0 Å². The molecule has 0 unspecified atom stereocenters. The van der Waals surface area contributed by atoms with E-state index in [9.17, 15) is 4.79 Å². The molecular formula is C10H17N3O. The summed E-state index contributed by atoms with van der Waals surface area (Å²) in [6, 6.07) is 1.76. The van der Waals surface area contributed by atoms with Gasteiger partial charge in [0.25, 0.3) is 0 Å². The third kappa shape index (κ3) is 2.34. The SMILES string of the molecule is Cc1cc(N)nn1CC(=O)C(C)(C)C. The summed E-state index contributed by atoms with van der Waals surface area (Å²) in [5.41, 5.74) is 6.11. The standard InChI is InChI=1S/C10H17N3O/c1-7-5-9(11)12-13(7)6-8(14)10(2,3)4/h5H,6H2,1-4H3,(H2,11,12). The first-order valence-electron chi connectivity index (χ1n) is 4.64. The molecule has 1 aromatic rings. The zero-order valence-electron chi connectivity index (χ0n) is 9.16. The van der Waals surface area contributed by atoms with Crippen molar-refractivity contribution in [3.05, 3.63) is 11.8 Å². The van der Waals surface area contributed by atoms with Crippen molar-refractivity contribution in [3.8, 4) is 0 Å². The molecule has 0 fully saturated rings. The summed E-state index contributed by atoms with van der Waals surface area (Å²) in [5.74, 6) is 0.618. The van der Waals surface area contributed by atoms with Gasteiger partial charge in [0, 0.05) is 17.2 Å². The molecule has 0 bridgehead atoms. The molecule has 4 heteroatoms. The van der Waals surface area contributed by atoms with Gasteiger partial charge in [-0.3, -0.25) is 9.48 Å². The summed E-state index contributed by atoms with van der Waals surface area (Å²) in [5, 5.41) is 4.04. The highest BCUT2D eigenvalue weighted by Crippen LogP contribution is 2.16. The van der Waals surface area contributed by atoms with Crippen molar-refractivity contribution < 1.29 is 4.79 Å². The van der Waals surface area contributed by atoms with E-state index in [1.165, 1.54) is 0 Å². The molecular weight excluding hydrogens is 178 g/mol. The molecule has 2 N–H and O–H groups in total. The Bertz CT molecular complexity index is 347. The van der Waals surface area contributed by atoms with E-state index in [1.54, 1.807) is 10.7 Å². The van der Waals surface area contributed by atoms with Crippen LogP contribution in [-0.2, 0) is 11.3 Å². The van der Waals surface area contributed by atoms with E-state index in [0.717, 1.165) is 5.69 Å². The van der Waals surface area contributed by atoms with Crippen molar-refractivity contribution in [1.82, 2.24) is 9.78 Å². The lowest BCUT2D eigenvalue weighted by molar-refractivity contribution is -0.127. The first kappa shape index (κ1) is 10.8. The van der Waals surface area contributed by atoms with Crippen LogP contribution in [0, 0.1) is 12.3 Å². The third-order valence-corrected chi connectivity index (χ3v) is 2.13. The highest BCUT2D eigenvalue weighted by molar-refractivity contribution is 5.83. The van der Waals surface area contributed by atoms with Crippen LogP contribution in [0.3, 0.4) is 0 Å². The summed E-state index contributed by atoms with van der Waals surface area (Å²) >= 11 is 0. The number of aryl methyl sites for hydroxylation is 1. The second-order valence-electron chi connectivity index (χ2n) is 4.54. The first-order valence-corrected chi connectivity index (χ1v) is 4.64. The number of nitrogen functional groups attached to an aromatic ring is 1. The maximum atomic E-state index is 11.7. The fourth-order valence-corrected chi connectivity index (χ4v) is 1.07. The Hall–Kier alpha value is -1.32. The van der Waals surface area contributed by atoms with Crippen molar-refractivity contribution in [2.24, 2.45) is 5.41 Å². The Balaban J connectivity index is 2.80. The van der Waals surface area contributed by atoms with Crippen molar-refractivity contribution in [3.63, 3.8) is 0 Å². The van der Waals surface area contributed by atoms with Crippen LogP contribution in [0.1, 0.15) is 26.5 Å². The maximum absolute atomic E-state index is 11.7. The highest BCUT2D eigenvalue weighted by atomic mass is 16.1. The van der Waals surface area contributed by atoms with E-state index in [4.69, 9.17) is 5.73 Å². The molecule has 0 saturated carbocycles. The minimum Gasteiger partial charge on any atom is -0.382 e. The van der Waals surface area contributed by atoms with E-state index in [1.807, 2.05) is 27.7 Å². The lowest BCUT2D eigenvalue weighted by Crippen LogP contribution is -2.25. The van der Waals surface area contributed by atoms with Gasteiger partial charge >= 0.3 is 0 Å². The number of hydrogen-bond acceptors (Lipinski definition) is 3. The van der Waals surface area contributed by atoms with Gasteiger partial charge in [0.1, 0.15) is 12.4 Å². The number of carbonyl (C=O) groups is 1. The molecule has 0 spiro atoms. The molecule has 0 aromatic carbocycles. The minimum absolute atomic E-state index is 0.156. The average Bonchev–Trinajstić information content (AvgIpc) is 2.28. The number of Topliss-reactive ketones (excluding diaryl/α,β-unsaturated/α-hetero) is 1.